The average molecular weight is 287 g/mol. The molecule has 1 amide bonds. The van der Waals surface area contributed by atoms with Crippen molar-refractivity contribution >= 4 is 11.7 Å². The van der Waals surface area contributed by atoms with Crippen LogP contribution in [0.15, 0.2) is 18.3 Å². The van der Waals surface area contributed by atoms with E-state index in [1.807, 2.05) is 19.1 Å². The molecule has 114 valence electrons. The van der Waals surface area contributed by atoms with Crippen molar-refractivity contribution in [2.24, 2.45) is 17.8 Å². The number of rotatable bonds is 5. The van der Waals surface area contributed by atoms with Gasteiger partial charge in [-0.15, -0.1) is 0 Å². The van der Waals surface area contributed by atoms with Crippen LogP contribution in [-0.2, 0) is 0 Å². The SMILES string of the molecule is CCNC(=O)c1ccc(NC(C)C2CC3CCC2C3)nc1. The minimum absolute atomic E-state index is 0.0577. The molecule has 4 unspecified atom stereocenters. The number of hydrogen-bond donors (Lipinski definition) is 2. The number of hydrogen-bond acceptors (Lipinski definition) is 3. The first-order valence-corrected chi connectivity index (χ1v) is 8.18. The first kappa shape index (κ1) is 14.4. The fourth-order valence-electron chi connectivity index (χ4n) is 4.12. The molecule has 2 fully saturated rings. The van der Waals surface area contributed by atoms with Gasteiger partial charge in [-0.25, -0.2) is 4.98 Å². The maximum atomic E-state index is 11.7. The van der Waals surface area contributed by atoms with Crippen molar-refractivity contribution < 1.29 is 4.79 Å². The van der Waals surface area contributed by atoms with E-state index in [-0.39, 0.29) is 5.91 Å². The van der Waals surface area contributed by atoms with Gasteiger partial charge in [-0.3, -0.25) is 4.79 Å². The van der Waals surface area contributed by atoms with Gasteiger partial charge in [0.2, 0.25) is 0 Å². The quantitative estimate of drug-likeness (QED) is 0.875. The van der Waals surface area contributed by atoms with Gasteiger partial charge in [0.1, 0.15) is 5.82 Å². The summed E-state index contributed by atoms with van der Waals surface area (Å²) >= 11 is 0. The van der Waals surface area contributed by atoms with Gasteiger partial charge < -0.3 is 10.6 Å². The molecule has 0 aromatic carbocycles. The van der Waals surface area contributed by atoms with E-state index in [1.165, 1.54) is 25.7 Å². The van der Waals surface area contributed by atoms with E-state index in [4.69, 9.17) is 0 Å². The fourth-order valence-corrected chi connectivity index (χ4v) is 4.12. The molecule has 2 N–H and O–H groups in total. The molecule has 1 heterocycles. The van der Waals surface area contributed by atoms with Crippen LogP contribution in [0.25, 0.3) is 0 Å². The summed E-state index contributed by atoms with van der Waals surface area (Å²) in [5, 5.41) is 6.31. The molecule has 2 aliphatic carbocycles. The Hall–Kier alpha value is -1.58. The van der Waals surface area contributed by atoms with E-state index in [2.05, 4.69) is 22.5 Å². The summed E-state index contributed by atoms with van der Waals surface area (Å²) in [5.74, 6) is 3.48. The van der Waals surface area contributed by atoms with Crippen molar-refractivity contribution in [3.63, 3.8) is 0 Å². The average Bonchev–Trinajstić information content (AvgIpc) is 3.11. The van der Waals surface area contributed by atoms with Crippen LogP contribution < -0.4 is 10.6 Å². The van der Waals surface area contributed by atoms with E-state index in [9.17, 15) is 4.79 Å². The van der Waals surface area contributed by atoms with Crippen molar-refractivity contribution in [1.29, 1.82) is 0 Å². The van der Waals surface area contributed by atoms with Gasteiger partial charge >= 0.3 is 0 Å². The van der Waals surface area contributed by atoms with Crippen molar-refractivity contribution in [2.45, 2.75) is 45.6 Å². The van der Waals surface area contributed by atoms with E-state index < -0.39 is 0 Å². The van der Waals surface area contributed by atoms with Gasteiger partial charge in [-0.1, -0.05) is 6.42 Å². The van der Waals surface area contributed by atoms with Gasteiger partial charge in [0.15, 0.2) is 0 Å². The van der Waals surface area contributed by atoms with Crippen LogP contribution in [0.3, 0.4) is 0 Å². The van der Waals surface area contributed by atoms with Gasteiger partial charge in [-0.2, -0.15) is 0 Å². The Labute approximate surface area is 126 Å². The number of aromatic nitrogens is 1. The molecule has 1 aromatic heterocycles. The van der Waals surface area contributed by atoms with Crippen LogP contribution in [0.2, 0.25) is 0 Å². The largest absolute Gasteiger partial charge is 0.367 e. The molecule has 0 saturated heterocycles. The van der Waals surface area contributed by atoms with E-state index >= 15 is 0 Å². The Morgan fingerprint density at radius 1 is 1.38 bits per heavy atom. The third kappa shape index (κ3) is 3.04. The van der Waals surface area contributed by atoms with Crippen LogP contribution in [0.1, 0.15) is 49.9 Å². The molecule has 0 aliphatic heterocycles. The normalized spacial score (nSPS) is 28.4. The molecule has 2 saturated carbocycles. The minimum Gasteiger partial charge on any atom is -0.367 e. The molecular formula is C17H25N3O. The van der Waals surface area contributed by atoms with E-state index in [0.29, 0.717) is 18.2 Å². The van der Waals surface area contributed by atoms with E-state index in [0.717, 1.165) is 23.6 Å². The van der Waals surface area contributed by atoms with Crippen molar-refractivity contribution in [3.8, 4) is 0 Å². The number of carbonyl (C=O) groups is 1. The first-order chi connectivity index (χ1) is 10.2. The summed E-state index contributed by atoms with van der Waals surface area (Å²) in [6, 6.07) is 4.21. The van der Waals surface area contributed by atoms with Gasteiger partial charge in [0, 0.05) is 18.8 Å². The molecular weight excluding hydrogens is 262 g/mol. The summed E-state index contributed by atoms with van der Waals surface area (Å²) in [6.07, 6.45) is 7.30. The number of fused-ring (bicyclic) bond motifs is 2. The lowest BCUT2D eigenvalue weighted by Gasteiger charge is -2.28. The Morgan fingerprint density at radius 3 is 2.81 bits per heavy atom. The first-order valence-electron chi connectivity index (χ1n) is 8.18. The fraction of sp³-hybridized carbons (Fsp3) is 0.647. The van der Waals surface area contributed by atoms with Crippen molar-refractivity contribution in [1.82, 2.24) is 10.3 Å². The predicted octanol–water partition coefficient (Wildman–Crippen LogP) is 3.07. The molecule has 2 bridgehead atoms. The number of nitrogens with one attached hydrogen (secondary N) is 2. The molecule has 4 heteroatoms. The Balaban J connectivity index is 1.59. The zero-order valence-corrected chi connectivity index (χ0v) is 12.9. The maximum Gasteiger partial charge on any atom is 0.252 e. The predicted molar refractivity (Wildman–Crippen MR) is 84.3 cm³/mol. The van der Waals surface area contributed by atoms with Crippen LogP contribution in [0.4, 0.5) is 5.82 Å². The Morgan fingerprint density at radius 2 is 2.24 bits per heavy atom. The van der Waals surface area contributed by atoms with Crippen LogP contribution >= 0.6 is 0 Å². The molecule has 4 atom stereocenters. The van der Waals surface area contributed by atoms with Crippen LogP contribution in [0, 0.1) is 17.8 Å². The molecule has 0 radical (unpaired) electrons. The third-order valence-electron chi connectivity index (χ3n) is 5.17. The minimum atomic E-state index is -0.0577. The van der Waals surface area contributed by atoms with Crippen molar-refractivity contribution in [3.05, 3.63) is 23.9 Å². The second-order valence-corrected chi connectivity index (χ2v) is 6.56. The highest BCUT2D eigenvalue weighted by molar-refractivity contribution is 5.93. The maximum absolute atomic E-state index is 11.7. The lowest BCUT2D eigenvalue weighted by Crippen LogP contribution is -2.30. The molecule has 21 heavy (non-hydrogen) atoms. The second-order valence-electron chi connectivity index (χ2n) is 6.56. The summed E-state index contributed by atoms with van der Waals surface area (Å²) in [4.78, 5) is 16.1. The number of anilines is 1. The highest BCUT2D eigenvalue weighted by atomic mass is 16.1. The summed E-state index contributed by atoms with van der Waals surface area (Å²) in [6.45, 7) is 4.82. The Kier molecular flexibility index (Phi) is 4.13. The molecule has 1 aromatic rings. The van der Waals surface area contributed by atoms with Crippen LogP contribution in [-0.4, -0.2) is 23.5 Å². The number of carbonyl (C=O) groups excluding carboxylic acids is 1. The summed E-state index contributed by atoms with van der Waals surface area (Å²) < 4.78 is 0. The van der Waals surface area contributed by atoms with Gasteiger partial charge in [0.05, 0.1) is 5.56 Å². The standard InChI is InChI=1S/C17H25N3O/c1-3-18-17(21)14-6-7-16(19-10-14)20-11(2)15-9-12-4-5-13(15)8-12/h6-7,10-13,15H,3-5,8-9H2,1-2H3,(H,18,21)(H,19,20). The third-order valence-corrected chi connectivity index (χ3v) is 5.17. The number of nitrogens with zero attached hydrogens (tertiary/aromatic N) is 1. The monoisotopic (exact) mass is 287 g/mol. The zero-order chi connectivity index (χ0) is 14.8. The van der Waals surface area contributed by atoms with Crippen LogP contribution in [0.5, 0.6) is 0 Å². The molecule has 0 spiro atoms. The molecule has 4 nitrogen and oxygen atoms in total. The second kappa shape index (κ2) is 6.04. The lowest BCUT2D eigenvalue weighted by atomic mass is 9.84. The van der Waals surface area contributed by atoms with Gasteiger partial charge in [0.25, 0.3) is 5.91 Å². The molecule has 2 aliphatic rings. The number of pyridine rings is 1. The highest BCUT2D eigenvalue weighted by Crippen LogP contribution is 2.49. The van der Waals surface area contributed by atoms with Crippen molar-refractivity contribution in [2.75, 3.05) is 11.9 Å². The lowest BCUT2D eigenvalue weighted by molar-refractivity contribution is 0.0955. The zero-order valence-electron chi connectivity index (χ0n) is 12.9. The Bertz CT molecular complexity index is 499. The smallest absolute Gasteiger partial charge is 0.252 e. The highest BCUT2D eigenvalue weighted by Gasteiger charge is 2.41. The molecule has 3 rings (SSSR count). The number of amides is 1. The van der Waals surface area contributed by atoms with Gasteiger partial charge in [-0.05, 0) is 63.0 Å². The van der Waals surface area contributed by atoms with E-state index in [1.54, 1.807) is 6.20 Å². The summed E-state index contributed by atoms with van der Waals surface area (Å²) in [5.41, 5.74) is 0.620. The summed E-state index contributed by atoms with van der Waals surface area (Å²) in [7, 11) is 0. The topological polar surface area (TPSA) is 54.0 Å².